The van der Waals surface area contributed by atoms with E-state index >= 15 is 0 Å². The van der Waals surface area contributed by atoms with Crippen molar-refractivity contribution in [1.82, 2.24) is 19.8 Å². The number of hydrazone groups is 1. The fourth-order valence-electron chi connectivity index (χ4n) is 2.45. The van der Waals surface area contributed by atoms with Crippen molar-refractivity contribution in [2.24, 2.45) is 19.2 Å². The molecule has 1 N–H and O–H groups in total. The summed E-state index contributed by atoms with van der Waals surface area (Å²) in [5, 5.41) is 7.99. The number of halogens is 1. The number of esters is 1. The van der Waals surface area contributed by atoms with Crippen LogP contribution < -0.4 is 10.2 Å². The van der Waals surface area contributed by atoms with Gasteiger partial charge in [-0.2, -0.15) is 10.2 Å². The van der Waals surface area contributed by atoms with E-state index in [1.807, 2.05) is 29.9 Å². The number of aryl methyl sites for hydroxylation is 2. The molecule has 0 spiro atoms. The van der Waals surface area contributed by atoms with Crippen LogP contribution in [0.5, 0.6) is 5.75 Å². The van der Waals surface area contributed by atoms with Crippen LogP contribution in [0.25, 0.3) is 0 Å². The predicted molar refractivity (Wildman–Crippen MR) is 107 cm³/mol. The lowest BCUT2D eigenvalue weighted by molar-refractivity contribution is -0.120. The van der Waals surface area contributed by atoms with E-state index in [4.69, 9.17) is 4.74 Å². The maximum absolute atomic E-state index is 12.2. The van der Waals surface area contributed by atoms with Crippen LogP contribution in [0.3, 0.4) is 0 Å². The third-order valence-electron chi connectivity index (χ3n) is 3.89. The fraction of sp³-hybridized carbons (Fsp3) is 0.158. The summed E-state index contributed by atoms with van der Waals surface area (Å²) >= 11 is 3.22. The Labute approximate surface area is 169 Å². The van der Waals surface area contributed by atoms with E-state index in [1.165, 1.54) is 10.9 Å². The van der Waals surface area contributed by atoms with Gasteiger partial charge in [0.05, 0.1) is 12.6 Å². The normalized spacial score (nSPS) is 11.0. The lowest BCUT2D eigenvalue weighted by atomic mass is 10.2. The van der Waals surface area contributed by atoms with Crippen molar-refractivity contribution >= 4 is 34.0 Å². The molecule has 0 aliphatic carbocycles. The summed E-state index contributed by atoms with van der Waals surface area (Å²) in [4.78, 5) is 24.0. The molecule has 3 rings (SSSR count). The first-order valence-corrected chi connectivity index (χ1v) is 9.15. The topological polar surface area (TPSA) is 90.5 Å². The highest BCUT2D eigenvalue weighted by atomic mass is 79.9. The molecule has 2 aromatic heterocycles. The van der Waals surface area contributed by atoms with Gasteiger partial charge in [-0.15, -0.1) is 0 Å². The molecule has 0 aliphatic heterocycles. The Morgan fingerprint density at radius 3 is 2.61 bits per heavy atom. The summed E-state index contributed by atoms with van der Waals surface area (Å²) in [5.41, 5.74) is 4.49. The Kier molecular flexibility index (Phi) is 6.05. The second-order valence-corrected chi connectivity index (χ2v) is 6.80. The summed E-state index contributed by atoms with van der Waals surface area (Å²) in [7, 11) is 3.60. The Morgan fingerprint density at radius 2 is 2.00 bits per heavy atom. The van der Waals surface area contributed by atoms with Crippen LogP contribution in [-0.2, 0) is 25.3 Å². The highest BCUT2D eigenvalue weighted by molar-refractivity contribution is 9.10. The molecule has 0 unspecified atom stereocenters. The highest BCUT2D eigenvalue weighted by Gasteiger charge is 2.16. The molecule has 0 saturated heterocycles. The number of benzene rings is 1. The van der Waals surface area contributed by atoms with Crippen LogP contribution in [0.4, 0.5) is 0 Å². The molecular weight excluding hydrogens is 426 g/mol. The third kappa shape index (κ3) is 4.95. The quantitative estimate of drug-likeness (QED) is 0.274. The number of carbonyl (C=O) groups excluding carboxylic acids is 2. The summed E-state index contributed by atoms with van der Waals surface area (Å²) in [6.07, 6.45) is 5.23. The number of carbonyl (C=O) groups is 2. The number of hydrogen-bond acceptors (Lipinski definition) is 5. The van der Waals surface area contributed by atoms with Crippen LogP contribution >= 0.6 is 15.9 Å². The van der Waals surface area contributed by atoms with Gasteiger partial charge in [0.15, 0.2) is 0 Å². The van der Waals surface area contributed by atoms with Gasteiger partial charge in [-0.3, -0.25) is 9.48 Å². The molecule has 0 saturated carbocycles. The summed E-state index contributed by atoms with van der Waals surface area (Å²) in [6, 6.07) is 10.5. The van der Waals surface area contributed by atoms with Crippen molar-refractivity contribution in [3.63, 3.8) is 0 Å². The molecular formula is C19H18BrN5O3. The molecule has 28 heavy (non-hydrogen) atoms. The van der Waals surface area contributed by atoms with Gasteiger partial charge in [0, 0.05) is 32.2 Å². The first kappa shape index (κ1) is 19.6. The SMILES string of the molecule is Cn1cc(C(=O)Oc2ccc(/C=N/NC(=O)Cc3cccn3C)cc2)c(Br)n1. The largest absolute Gasteiger partial charge is 0.423 e. The molecule has 0 fully saturated rings. The minimum Gasteiger partial charge on any atom is -0.423 e. The second-order valence-electron chi connectivity index (χ2n) is 6.05. The van der Waals surface area contributed by atoms with E-state index in [1.54, 1.807) is 37.5 Å². The molecule has 1 amide bonds. The van der Waals surface area contributed by atoms with Crippen LogP contribution in [-0.4, -0.2) is 32.4 Å². The zero-order valence-electron chi connectivity index (χ0n) is 15.3. The van der Waals surface area contributed by atoms with Crippen molar-refractivity contribution in [3.8, 4) is 5.75 Å². The van der Waals surface area contributed by atoms with Gasteiger partial charge in [-0.05, 0) is 57.9 Å². The van der Waals surface area contributed by atoms with Crippen molar-refractivity contribution in [3.05, 3.63) is 70.2 Å². The van der Waals surface area contributed by atoms with Crippen LogP contribution in [0, 0.1) is 0 Å². The number of rotatable bonds is 6. The molecule has 1 aromatic carbocycles. The maximum atomic E-state index is 12.2. The Morgan fingerprint density at radius 1 is 1.25 bits per heavy atom. The van der Waals surface area contributed by atoms with Gasteiger partial charge in [-0.1, -0.05) is 0 Å². The van der Waals surface area contributed by atoms with E-state index in [-0.39, 0.29) is 12.3 Å². The van der Waals surface area contributed by atoms with Gasteiger partial charge >= 0.3 is 5.97 Å². The predicted octanol–water partition coefficient (Wildman–Crippen LogP) is 2.43. The van der Waals surface area contributed by atoms with E-state index in [9.17, 15) is 9.59 Å². The van der Waals surface area contributed by atoms with E-state index in [0.717, 1.165) is 11.3 Å². The smallest absolute Gasteiger partial charge is 0.347 e. The monoisotopic (exact) mass is 443 g/mol. The average molecular weight is 444 g/mol. The lowest BCUT2D eigenvalue weighted by Crippen LogP contribution is -2.20. The highest BCUT2D eigenvalue weighted by Crippen LogP contribution is 2.18. The van der Waals surface area contributed by atoms with Crippen molar-refractivity contribution in [1.29, 1.82) is 0 Å². The van der Waals surface area contributed by atoms with Crippen LogP contribution in [0.15, 0.2) is 58.5 Å². The Balaban J connectivity index is 1.53. The average Bonchev–Trinajstić information content (AvgIpc) is 3.21. The van der Waals surface area contributed by atoms with Crippen LogP contribution in [0.1, 0.15) is 21.6 Å². The van der Waals surface area contributed by atoms with E-state index < -0.39 is 5.97 Å². The zero-order chi connectivity index (χ0) is 20.1. The summed E-state index contributed by atoms with van der Waals surface area (Å²) in [5.74, 6) is -0.314. The molecule has 0 atom stereocenters. The van der Waals surface area contributed by atoms with E-state index in [0.29, 0.717) is 15.9 Å². The second kappa shape index (κ2) is 8.66. The van der Waals surface area contributed by atoms with Crippen molar-refractivity contribution in [2.45, 2.75) is 6.42 Å². The number of amides is 1. The number of nitrogens with zero attached hydrogens (tertiary/aromatic N) is 4. The van der Waals surface area contributed by atoms with Gasteiger partial charge in [0.1, 0.15) is 15.9 Å². The fourth-order valence-corrected chi connectivity index (χ4v) is 2.96. The molecule has 0 radical (unpaired) electrons. The standard InChI is InChI=1S/C19H18BrN5O3/c1-24-9-3-4-14(24)10-17(26)22-21-11-13-5-7-15(8-6-13)28-19(27)16-12-25(2)23-18(16)20/h3-9,11-12H,10H2,1-2H3,(H,22,26)/b21-11+. The minimum absolute atomic E-state index is 0.203. The van der Waals surface area contributed by atoms with Gasteiger partial charge in [0.25, 0.3) is 0 Å². The van der Waals surface area contributed by atoms with Gasteiger partial charge in [0.2, 0.25) is 5.91 Å². The first-order chi connectivity index (χ1) is 13.4. The van der Waals surface area contributed by atoms with Gasteiger partial charge in [-0.25, -0.2) is 10.2 Å². The lowest BCUT2D eigenvalue weighted by Gasteiger charge is -2.04. The molecule has 0 bridgehead atoms. The van der Waals surface area contributed by atoms with E-state index in [2.05, 4.69) is 31.6 Å². The number of ether oxygens (including phenoxy) is 1. The molecule has 9 heteroatoms. The molecule has 0 aliphatic rings. The minimum atomic E-state index is -0.505. The molecule has 3 aromatic rings. The Bertz CT molecular complexity index is 1020. The first-order valence-electron chi connectivity index (χ1n) is 8.36. The number of aromatic nitrogens is 3. The van der Waals surface area contributed by atoms with Crippen molar-refractivity contribution in [2.75, 3.05) is 0 Å². The van der Waals surface area contributed by atoms with Crippen LogP contribution in [0.2, 0.25) is 0 Å². The zero-order valence-corrected chi connectivity index (χ0v) is 16.9. The maximum Gasteiger partial charge on any atom is 0.347 e. The molecule has 8 nitrogen and oxygen atoms in total. The number of hydrogen-bond donors (Lipinski definition) is 1. The molecule has 2 heterocycles. The third-order valence-corrected chi connectivity index (χ3v) is 4.48. The van der Waals surface area contributed by atoms with Gasteiger partial charge < -0.3 is 9.30 Å². The summed E-state index contributed by atoms with van der Waals surface area (Å²) < 4.78 is 9.15. The summed E-state index contributed by atoms with van der Waals surface area (Å²) in [6.45, 7) is 0. The number of nitrogens with one attached hydrogen (secondary N) is 1. The molecule has 144 valence electrons. The Hall–Kier alpha value is -3.20. The van der Waals surface area contributed by atoms with Crippen molar-refractivity contribution < 1.29 is 14.3 Å².